The van der Waals surface area contributed by atoms with E-state index < -0.39 is 11.8 Å². The van der Waals surface area contributed by atoms with Crippen LogP contribution in [0.15, 0.2) is 41.0 Å². The second-order valence-electron chi connectivity index (χ2n) is 3.48. The maximum atomic E-state index is 13.5. The molecule has 2 N–H and O–H groups in total. The summed E-state index contributed by atoms with van der Waals surface area (Å²) >= 11 is 0. The molecule has 18 heavy (non-hydrogen) atoms. The topological polar surface area (TPSA) is 64.7 Å². The third-order valence-electron chi connectivity index (χ3n) is 2.18. The van der Waals surface area contributed by atoms with E-state index in [1.807, 2.05) is 0 Å². The number of hydrogen-bond donors (Lipinski definition) is 1. The second-order valence-corrected chi connectivity index (χ2v) is 3.48. The molecule has 0 aliphatic carbocycles. The van der Waals surface area contributed by atoms with E-state index in [1.54, 1.807) is 26.0 Å². The van der Waals surface area contributed by atoms with E-state index in [0.717, 1.165) is 0 Å². The van der Waals surface area contributed by atoms with Gasteiger partial charge in [-0.15, -0.1) is 0 Å². The Morgan fingerprint density at radius 1 is 1.50 bits per heavy atom. The first-order valence-electron chi connectivity index (χ1n) is 5.49. The number of carbonyl (C=O) groups is 1. The van der Waals surface area contributed by atoms with E-state index in [9.17, 15) is 9.18 Å². The van der Waals surface area contributed by atoms with Crippen LogP contribution in [0, 0.1) is 5.82 Å². The molecule has 0 aliphatic heterocycles. The van der Waals surface area contributed by atoms with E-state index in [1.165, 1.54) is 18.3 Å². The summed E-state index contributed by atoms with van der Waals surface area (Å²) in [6.45, 7) is 3.50. The van der Waals surface area contributed by atoms with Gasteiger partial charge >= 0.3 is 5.97 Å². The average molecular weight is 250 g/mol. The van der Waals surface area contributed by atoms with Gasteiger partial charge in [-0.3, -0.25) is 0 Å². The maximum Gasteiger partial charge on any atom is 0.357 e. The van der Waals surface area contributed by atoms with Gasteiger partial charge in [0.25, 0.3) is 0 Å². The molecule has 0 saturated heterocycles. The van der Waals surface area contributed by atoms with Crippen molar-refractivity contribution in [2.45, 2.75) is 13.8 Å². The zero-order valence-corrected chi connectivity index (χ0v) is 10.3. The maximum absolute atomic E-state index is 13.5. The SMILES string of the molecule is CCOC(=O)C(=Nc1ccccc1F)/C(C)=C\N. The summed E-state index contributed by atoms with van der Waals surface area (Å²) in [5.41, 5.74) is 5.86. The molecule has 4 nitrogen and oxygen atoms in total. The molecule has 0 bridgehead atoms. The highest BCUT2D eigenvalue weighted by molar-refractivity contribution is 6.43. The number of rotatable bonds is 4. The molecule has 0 saturated carbocycles. The molecule has 0 unspecified atom stereocenters. The van der Waals surface area contributed by atoms with E-state index in [0.29, 0.717) is 5.57 Å². The minimum absolute atomic E-state index is 0.00412. The predicted molar refractivity (Wildman–Crippen MR) is 68.1 cm³/mol. The highest BCUT2D eigenvalue weighted by atomic mass is 19.1. The molecule has 0 amide bonds. The van der Waals surface area contributed by atoms with Crippen LogP contribution in [0.1, 0.15) is 13.8 Å². The Kier molecular flexibility index (Phi) is 5.05. The van der Waals surface area contributed by atoms with Crippen molar-refractivity contribution in [1.82, 2.24) is 0 Å². The summed E-state index contributed by atoms with van der Waals surface area (Å²) < 4.78 is 18.3. The lowest BCUT2D eigenvalue weighted by atomic mass is 10.2. The standard InChI is InChI=1S/C13H15FN2O2/c1-3-18-13(17)12(9(2)8-15)16-11-7-5-4-6-10(11)14/h4-8H,3,15H2,1-2H3/b9-8-,16-12?. The molecule has 5 heteroatoms. The average Bonchev–Trinajstić information content (AvgIpc) is 2.37. The number of nitrogens with zero attached hydrogens (tertiary/aromatic N) is 1. The van der Waals surface area contributed by atoms with E-state index >= 15 is 0 Å². The molecule has 0 heterocycles. The fourth-order valence-electron chi connectivity index (χ4n) is 1.24. The number of aliphatic imine (C=N–C) groups is 1. The van der Waals surface area contributed by atoms with Gasteiger partial charge in [0.05, 0.1) is 12.3 Å². The lowest BCUT2D eigenvalue weighted by molar-refractivity contribution is -0.134. The summed E-state index contributed by atoms with van der Waals surface area (Å²) in [4.78, 5) is 15.7. The Bertz CT molecular complexity index is 496. The van der Waals surface area contributed by atoms with Crippen molar-refractivity contribution >= 4 is 17.4 Å². The molecule has 1 aromatic carbocycles. The molecular formula is C13H15FN2O2. The Morgan fingerprint density at radius 3 is 2.72 bits per heavy atom. The van der Waals surface area contributed by atoms with Crippen LogP contribution in [0.4, 0.5) is 10.1 Å². The zero-order valence-electron chi connectivity index (χ0n) is 10.3. The number of halogens is 1. The van der Waals surface area contributed by atoms with Crippen molar-refractivity contribution in [3.8, 4) is 0 Å². The van der Waals surface area contributed by atoms with Crippen LogP contribution in [0.5, 0.6) is 0 Å². The Balaban J connectivity index is 3.19. The minimum atomic E-state index is -0.625. The van der Waals surface area contributed by atoms with Crippen molar-refractivity contribution in [2.24, 2.45) is 10.7 Å². The van der Waals surface area contributed by atoms with Gasteiger partial charge in [-0.25, -0.2) is 14.2 Å². The first-order chi connectivity index (χ1) is 8.60. The van der Waals surface area contributed by atoms with Gasteiger partial charge < -0.3 is 10.5 Å². The molecule has 0 radical (unpaired) electrons. The van der Waals surface area contributed by atoms with Gasteiger partial charge in [0, 0.05) is 0 Å². The monoisotopic (exact) mass is 250 g/mol. The quantitative estimate of drug-likeness (QED) is 0.658. The molecule has 0 aliphatic rings. The van der Waals surface area contributed by atoms with Crippen LogP contribution < -0.4 is 5.73 Å². The molecule has 0 atom stereocenters. The van der Waals surface area contributed by atoms with E-state index in [2.05, 4.69) is 4.99 Å². The minimum Gasteiger partial charge on any atom is -0.461 e. The molecule has 0 fully saturated rings. The van der Waals surface area contributed by atoms with Gasteiger partial charge in [0.1, 0.15) is 5.82 Å². The van der Waals surface area contributed by atoms with Gasteiger partial charge in [-0.1, -0.05) is 12.1 Å². The lowest BCUT2D eigenvalue weighted by Crippen LogP contribution is -2.19. The van der Waals surface area contributed by atoms with Crippen LogP contribution in [-0.2, 0) is 9.53 Å². The Labute approximate surface area is 105 Å². The summed E-state index contributed by atoms with van der Waals surface area (Å²) in [6.07, 6.45) is 1.23. The Morgan fingerprint density at radius 2 is 2.17 bits per heavy atom. The lowest BCUT2D eigenvalue weighted by Gasteiger charge is -2.06. The predicted octanol–water partition coefficient (Wildman–Crippen LogP) is 2.32. The molecule has 0 spiro atoms. The largest absolute Gasteiger partial charge is 0.461 e. The number of hydrogen-bond acceptors (Lipinski definition) is 4. The second kappa shape index (κ2) is 6.54. The normalized spacial score (nSPS) is 12.4. The summed E-state index contributed by atoms with van der Waals surface area (Å²) in [6, 6.07) is 5.91. The van der Waals surface area contributed by atoms with E-state index in [-0.39, 0.29) is 18.0 Å². The van der Waals surface area contributed by atoms with Gasteiger partial charge in [0.2, 0.25) is 0 Å². The number of nitrogens with two attached hydrogens (primary N) is 1. The number of esters is 1. The highest BCUT2D eigenvalue weighted by Gasteiger charge is 2.15. The van der Waals surface area contributed by atoms with Crippen LogP contribution in [0.2, 0.25) is 0 Å². The first kappa shape index (κ1) is 13.9. The van der Waals surface area contributed by atoms with E-state index in [4.69, 9.17) is 10.5 Å². The summed E-state index contributed by atoms with van der Waals surface area (Å²) in [5, 5.41) is 0. The van der Waals surface area contributed by atoms with Crippen molar-refractivity contribution in [3.05, 3.63) is 41.9 Å². The van der Waals surface area contributed by atoms with Crippen molar-refractivity contribution in [1.29, 1.82) is 0 Å². The first-order valence-corrected chi connectivity index (χ1v) is 5.49. The summed E-state index contributed by atoms with van der Waals surface area (Å²) in [7, 11) is 0. The molecular weight excluding hydrogens is 235 g/mol. The number of ether oxygens (including phenoxy) is 1. The van der Waals surface area contributed by atoms with Crippen molar-refractivity contribution in [2.75, 3.05) is 6.61 Å². The van der Waals surface area contributed by atoms with Crippen LogP contribution in [-0.4, -0.2) is 18.3 Å². The van der Waals surface area contributed by atoms with Crippen molar-refractivity contribution in [3.63, 3.8) is 0 Å². The number of para-hydroxylation sites is 1. The third-order valence-corrected chi connectivity index (χ3v) is 2.18. The van der Waals surface area contributed by atoms with Crippen LogP contribution in [0.25, 0.3) is 0 Å². The van der Waals surface area contributed by atoms with Gasteiger partial charge in [-0.2, -0.15) is 0 Å². The number of benzene rings is 1. The molecule has 1 rings (SSSR count). The third kappa shape index (κ3) is 3.41. The van der Waals surface area contributed by atoms with Crippen LogP contribution in [0.3, 0.4) is 0 Å². The molecule has 1 aromatic rings. The Hall–Kier alpha value is -2.17. The molecule has 96 valence electrons. The number of carbonyl (C=O) groups excluding carboxylic acids is 1. The smallest absolute Gasteiger partial charge is 0.357 e. The fraction of sp³-hybridized carbons (Fsp3) is 0.231. The molecule has 0 aromatic heterocycles. The fourth-order valence-corrected chi connectivity index (χ4v) is 1.24. The van der Waals surface area contributed by atoms with Crippen LogP contribution >= 0.6 is 0 Å². The van der Waals surface area contributed by atoms with Gasteiger partial charge in [-0.05, 0) is 37.8 Å². The zero-order chi connectivity index (χ0) is 13.5. The highest BCUT2D eigenvalue weighted by Crippen LogP contribution is 2.18. The van der Waals surface area contributed by atoms with Gasteiger partial charge in [0.15, 0.2) is 5.71 Å². The van der Waals surface area contributed by atoms with Crippen molar-refractivity contribution < 1.29 is 13.9 Å². The summed E-state index contributed by atoms with van der Waals surface area (Å²) in [5.74, 6) is -1.14.